The van der Waals surface area contributed by atoms with E-state index in [1.54, 1.807) is 0 Å². The summed E-state index contributed by atoms with van der Waals surface area (Å²) in [5.74, 6) is 3.49. The normalized spacial score (nSPS) is 13.1. The van der Waals surface area contributed by atoms with Gasteiger partial charge in [-0.1, -0.05) is 23.7 Å². The van der Waals surface area contributed by atoms with Crippen molar-refractivity contribution >= 4 is 40.7 Å². The van der Waals surface area contributed by atoms with Gasteiger partial charge in [-0.2, -0.15) is 16.7 Å². The van der Waals surface area contributed by atoms with Crippen molar-refractivity contribution in [3.8, 4) is 22.3 Å². The van der Waals surface area contributed by atoms with E-state index in [-0.39, 0.29) is 12.4 Å². The van der Waals surface area contributed by atoms with E-state index in [0.717, 1.165) is 39.6 Å². The van der Waals surface area contributed by atoms with Crippen LogP contribution in [-0.4, -0.2) is 28.8 Å². The van der Waals surface area contributed by atoms with E-state index in [9.17, 15) is 4.79 Å². The fraction of sp³-hybridized carbons (Fsp3) is 0.250. The molecule has 0 saturated heterocycles. The zero-order valence-electron chi connectivity index (χ0n) is 15.1. The molecule has 3 heterocycles. The molecule has 28 heavy (non-hydrogen) atoms. The maximum absolute atomic E-state index is 11.4. The summed E-state index contributed by atoms with van der Waals surface area (Å²) >= 11 is 9.38. The number of esters is 1. The summed E-state index contributed by atoms with van der Waals surface area (Å²) in [6.07, 6.45) is 1.13. The summed E-state index contributed by atoms with van der Waals surface area (Å²) in [5.41, 5.74) is 2.94. The van der Waals surface area contributed by atoms with E-state index in [0.29, 0.717) is 21.8 Å². The highest BCUT2D eigenvalue weighted by Gasteiger charge is 2.21. The van der Waals surface area contributed by atoms with Gasteiger partial charge in [0.2, 0.25) is 5.88 Å². The van der Waals surface area contributed by atoms with Crippen LogP contribution in [0, 0.1) is 0 Å². The van der Waals surface area contributed by atoms with Crippen molar-refractivity contribution in [1.82, 2.24) is 9.97 Å². The number of benzene rings is 1. The molecule has 3 aromatic rings. The lowest BCUT2D eigenvalue weighted by Crippen LogP contribution is -2.10. The summed E-state index contributed by atoms with van der Waals surface area (Å²) < 4.78 is 11.5. The topological polar surface area (TPSA) is 61.3 Å². The third-order valence-corrected chi connectivity index (χ3v) is 6.50. The molecule has 1 aliphatic heterocycles. The molecule has 0 atom stereocenters. The minimum absolute atomic E-state index is 0.236. The van der Waals surface area contributed by atoms with Crippen molar-refractivity contribution in [2.45, 2.75) is 18.6 Å². The number of thioether (sulfide) groups is 1. The highest BCUT2D eigenvalue weighted by atomic mass is 35.5. The van der Waals surface area contributed by atoms with Gasteiger partial charge in [0.25, 0.3) is 0 Å². The fourth-order valence-electron chi connectivity index (χ4n) is 2.86. The first kappa shape index (κ1) is 19.2. The van der Waals surface area contributed by atoms with Crippen LogP contribution in [0.15, 0.2) is 36.4 Å². The molecule has 0 bridgehead atoms. The lowest BCUT2D eigenvalue weighted by molar-refractivity contribution is -0.139. The first-order chi connectivity index (χ1) is 13.6. The lowest BCUT2D eigenvalue weighted by atomic mass is 10.1. The number of aryl methyl sites for hydroxylation is 1. The number of halogens is 1. The number of hydrogen-bond acceptors (Lipinski definition) is 7. The van der Waals surface area contributed by atoms with E-state index in [4.69, 9.17) is 26.1 Å². The van der Waals surface area contributed by atoms with Crippen molar-refractivity contribution < 1.29 is 14.3 Å². The molecular formula is C20H17ClN2O3S2. The minimum Gasteiger partial charge on any atom is -0.469 e. The molecule has 1 aliphatic rings. The van der Waals surface area contributed by atoms with Crippen LogP contribution in [0.25, 0.3) is 10.7 Å². The Labute approximate surface area is 176 Å². The van der Waals surface area contributed by atoms with Gasteiger partial charge in [-0.3, -0.25) is 4.79 Å². The number of methoxy groups -OCH3 is 1. The molecule has 0 aliphatic carbocycles. The monoisotopic (exact) mass is 432 g/mol. The van der Waals surface area contributed by atoms with Gasteiger partial charge >= 0.3 is 5.97 Å². The van der Waals surface area contributed by atoms with Crippen molar-refractivity contribution in [2.24, 2.45) is 0 Å². The quantitative estimate of drug-likeness (QED) is 0.519. The fourth-order valence-corrected chi connectivity index (χ4v) is 4.81. The molecule has 0 fully saturated rings. The maximum atomic E-state index is 11.4. The zero-order valence-corrected chi connectivity index (χ0v) is 17.5. The van der Waals surface area contributed by atoms with Crippen LogP contribution in [0.5, 0.6) is 11.6 Å². The number of aromatic nitrogens is 2. The van der Waals surface area contributed by atoms with Gasteiger partial charge in [0.05, 0.1) is 28.4 Å². The van der Waals surface area contributed by atoms with Crippen LogP contribution in [-0.2, 0) is 28.1 Å². The molecule has 144 valence electrons. The van der Waals surface area contributed by atoms with E-state index < -0.39 is 0 Å². The van der Waals surface area contributed by atoms with Gasteiger partial charge in [-0.25, -0.2) is 4.98 Å². The number of carbonyl (C=O) groups excluding carboxylic acids is 1. The Morgan fingerprint density at radius 2 is 2.00 bits per heavy atom. The molecular weight excluding hydrogens is 416 g/mol. The van der Waals surface area contributed by atoms with E-state index >= 15 is 0 Å². The first-order valence-electron chi connectivity index (χ1n) is 8.69. The van der Waals surface area contributed by atoms with Crippen molar-refractivity contribution in [3.05, 3.63) is 57.6 Å². The van der Waals surface area contributed by atoms with Crippen LogP contribution in [0.1, 0.15) is 16.8 Å². The number of fused-ring (bicyclic) bond motifs is 1. The Bertz CT molecular complexity index is 1010. The Morgan fingerprint density at radius 3 is 2.71 bits per heavy atom. The molecule has 1 aromatic carbocycles. The second-order valence-electron chi connectivity index (χ2n) is 6.18. The Morgan fingerprint density at radius 1 is 1.18 bits per heavy atom. The predicted molar refractivity (Wildman–Crippen MR) is 112 cm³/mol. The van der Waals surface area contributed by atoms with E-state index in [1.807, 2.05) is 48.2 Å². The SMILES string of the molecule is COC(=O)Cc1ccc(Oc2nc(-c3ccc(Cl)s3)nc3c2CSCC3)cc1. The molecule has 0 saturated carbocycles. The lowest BCUT2D eigenvalue weighted by Gasteiger charge is -2.18. The highest BCUT2D eigenvalue weighted by molar-refractivity contribution is 7.98. The second-order valence-corrected chi connectivity index (χ2v) is 9.00. The van der Waals surface area contributed by atoms with Crippen LogP contribution in [0.2, 0.25) is 4.34 Å². The largest absolute Gasteiger partial charge is 0.469 e. The predicted octanol–water partition coefficient (Wildman–Crippen LogP) is 5.16. The zero-order chi connectivity index (χ0) is 19.5. The smallest absolute Gasteiger partial charge is 0.309 e. The average Bonchev–Trinajstić information content (AvgIpc) is 3.15. The Balaban J connectivity index is 1.64. The molecule has 0 unspecified atom stereocenters. The van der Waals surface area contributed by atoms with Gasteiger partial charge in [0.1, 0.15) is 5.75 Å². The molecule has 5 nitrogen and oxygen atoms in total. The summed E-state index contributed by atoms with van der Waals surface area (Å²) in [5, 5.41) is 0. The molecule has 0 N–H and O–H groups in total. The van der Waals surface area contributed by atoms with Gasteiger partial charge in [0.15, 0.2) is 5.82 Å². The second kappa shape index (κ2) is 8.51. The van der Waals surface area contributed by atoms with Crippen LogP contribution in [0.3, 0.4) is 0 Å². The average molecular weight is 433 g/mol. The van der Waals surface area contributed by atoms with Crippen LogP contribution < -0.4 is 4.74 Å². The first-order valence-corrected chi connectivity index (χ1v) is 11.0. The van der Waals surface area contributed by atoms with E-state index in [1.165, 1.54) is 18.4 Å². The van der Waals surface area contributed by atoms with Gasteiger partial charge in [-0.15, -0.1) is 11.3 Å². The summed E-state index contributed by atoms with van der Waals surface area (Å²) in [7, 11) is 1.38. The van der Waals surface area contributed by atoms with E-state index in [2.05, 4.69) is 4.98 Å². The molecule has 0 radical (unpaired) electrons. The number of thiophene rings is 1. The summed E-state index contributed by atoms with van der Waals surface area (Å²) in [6.45, 7) is 0. The standard InChI is InChI=1S/C20H17ClN2O3S2/c1-25-18(24)10-12-2-4-13(5-3-12)26-20-14-11-27-9-8-15(14)22-19(23-20)16-6-7-17(21)28-16/h2-7H,8-11H2,1H3. The maximum Gasteiger partial charge on any atom is 0.309 e. The third-order valence-electron chi connectivity index (χ3n) is 4.29. The highest BCUT2D eigenvalue weighted by Crippen LogP contribution is 2.36. The molecule has 0 spiro atoms. The Kier molecular flexibility index (Phi) is 5.85. The number of nitrogens with zero attached hydrogens (tertiary/aromatic N) is 2. The van der Waals surface area contributed by atoms with Crippen molar-refractivity contribution in [1.29, 1.82) is 0 Å². The number of carbonyl (C=O) groups is 1. The number of rotatable bonds is 5. The summed E-state index contributed by atoms with van der Waals surface area (Å²) in [4.78, 5) is 21.8. The Hall–Kier alpha value is -2.09. The van der Waals surface area contributed by atoms with Gasteiger partial charge in [-0.05, 0) is 42.0 Å². The van der Waals surface area contributed by atoms with Gasteiger partial charge in [0, 0.05) is 11.3 Å². The van der Waals surface area contributed by atoms with Crippen LogP contribution in [0.4, 0.5) is 0 Å². The third kappa shape index (κ3) is 4.32. The molecule has 0 amide bonds. The molecule has 8 heteroatoms. The molecule has 4 rings (SSSR count). The van der Waals surface area contributed by atoms with Crippen LogP contribution >= 0.6 is 34.7 Å². The number of ether oxygens (including phenoxy) is 2. The van der Waals surface area contributed by atoms with Crippen molar-refractivity contribution in [3.63, 3.8) is 0 Å². The van der Waals surface area contributed by atoms with Gasteiger partial charge < -0.3 is 9.47 Å². The van der Waals surface area contributed by atoms with Crippen molar-refractivity contribution in [2.75, 3.05) is 12.9 Å². The molecule has 2 aromatic heterocycles. The summed E-state index contributed by atoms with van der Waals surface area (Å²) in [6, 6.07) is 11.2. The number of hydrogen-bond donors (Lipinski definition) is 0. The minimum atomic E-state index is -0.269.